The van der Waals surface area contributed by atoms with Crippen LogP contribution in [0, 0.1) is 0 Å². The summed E-state index contributed by atoms with van der Waals surface area (Å²) in [5.41, 5.74) is 2.30. The van der Waals surface area contributed by atoms with E-state index in [1.165, 1.54) is 5.69 Å². The average Bonchev–Trinajstić information content (AvgIpc) is 2.35. The fraction of sp³-hybridized carbons (Fsp3) is 0.643. The van der Waals surface area contributed by atoms with Gasteiger partial charge in [0.15, 0.2) is 0 Å². The van der Waals surface area contributed by atoms with Gasteiger partial charge in [-0.1, -0.05) is 6.07 Å². The van der Waals surface area contributed by atoms with Gasteiger partial charge in [0.1, 0.15) is 0 Å². The van der Waals surface area contributed by atoms with Crippen molar-refractivity contribution in [1.82, 2.24) is 20.1 Å². The van der Waals surface area contributed by atoms with E-state index in [4.69, 9.17) is 0 Å². The van der Waals surface area contributed by atoms with Crippen molar-refractivity contribution in [3.8, 4) is 0 Å². The summed E-state index contributed by atoms with van der Waals surface area (Å²) in [7, 11) is 4.16. The van der Waals surface area contributed by atoms with E-state index >= 15 is 0 Å². The highest BCUT2D eigenvalue weighted by Gasteiger charge is 2.20. The van der Waals surface area contributed by atoms with Crippen LogP contribution in [0.3, 0.4) is 0 Å². The third-order valence-electron chi connectivity index (χ3n) is 3.65. The van der Waals surface area contributed by atoms with Gasteiger partial charge >= 0.3 is 0 Å². The van der Waals surface area contributed by atoms with Crippen LogP contribution in [0.4, 0.5) is 0 Å². The lowest BCUT2D eigenvalue weighted by molar-refractivity contribution is 0.0990. The predicted octanol–water partition coefficient (Wildman–Crippen LogP) is 0.937. The van der Waals surface area contributed by atoms with E-state index in [1.807, 2.05) is 7.05 Å². The Morgan fingerprint density at radius 3 is 2.83 bits per heavy atom. The van der Waals surface area contributed by atoms with Crippen molar-refractivity contribution in [2.75, 3.05) is 33.7 Å². The molecule has 0 aromatic carbocycles. The van der Waals surface area contributed by atoms with Crippen LogP contribution in [-0.2, 0) is 13.1 Å². The first-order valence-corrected chi connectivity index (χ1v) is 6.71. The van der Waals surface area contributed by atoms with E-state index in [-0.39, 0.29) is 0 Å². The molecule has 18 heavy (non-hydrogen) atoms. The first-order chi connectivity index (χ1) is 8.69. The van der Waals surface area contributed by atoms with Crippen molar-refractivity contribution in [3.05, 3.63) is 29.6 Å². The van der Waals surface area contributed by atoms with Crippen LogP contribution in [0.15, 0.2) is 18.2 Å². The Bertz CT molecular complexity index is 380. The molecule has 1 saturated heterocycles. The molecule has 0 bridgehead atoms. The zero-order valence-corrected chi connectivity index (χ0v) is 11.7. The number of hydrogen-bond donors (Lipinski definition) is 1. The first-order valence-electron chi connectivity index (χ1n) is 6.71. The van der Waals surface area contributed by atoms with Crippen LogP contribution in [-0.4, -0.2) is 54.6 Å². The molecule has 4 nitrogen and oxygen atoms in total. The highest BCUT2D eigenvalue weighted by Crippen LogP contribution is 2.10. The van der Waals surface area contributed by atoms with Gasteiger partial charge in [0.25, 0.3) is 0 Å². The summed E-state index contributed by atoms with van der Waals surface area (Å²) in [6.07, 6.45) is 0. The Kier molecular flexibility index (Phi) is 4.69. The zero-order valence-electron chi connectivity index (χ0n) is 11.7. The maximum Gasteiger partial charge on any atom is 0.0547 e. The standard InChI is InChI=1S/C14H24N4/c1-12-10-18(8-7-17(12)3)11-14-6-4-5-13(16-14)9-15-2/h4-6,12,15H,7-11H2,1-3H3. The Morgan fingerprint density at radius 1 is 1.33 bits per heavy atom. The van der Waals surface area contributed by atoms with Gasteiger partial charge in [-0.2, -0.15) is 0 Å². The highest BCUT2D eigenvalue weighted by molar-refractivity contribution is 5.11. The lowest BCUT2D eigenvalue weighted by Gasteiger charge is -2.37. The monoisotopic (exact) mass is 248 g/mol. The smallest absolute Gasteiger partial charge is 0.0547 e. The maximum atomic E-state index is 4.68. The third-order valence-corrected chi connectivity index (χ3v) is 3.65. The van der Waals surface area contributed by atoms with Crippen LogP contribution < -0.4 is 5.32 Å². The summed E-state index contributed by atoms with van der Waals surface area (Å²) >= 11 is 0. The van der Waals surface area contributed by atoms with Gasteiger partial charge in [0.05, 0.1) is 11.4 Å². The maximum absolute atomic E-state index is 4.68. The largest absolute Gasteiger partial charge is 0.314 e. The van der Waals surface area contributed by atoms with Crippen LogP contribution >= 0.6 is 0 Å². The molecule has 1 atom stereocenters. The Morgan fingerprint density at radius 2 is 2.11 bits per heavy atom. The number of nitrogens with zero attached hydrogens (tertiary/aromatic N) is 3. The fourth-order valence-corrected chi connectivity index (χ4v) is 2.39. The molecule has 2 heterocycles. The molecule has 100 valence electrons. The Labute approximate surface area is 110 Å². The summed E-state index contributed by atoms with van der Waals surface area (Å²) in [6.45, 7) is 7.52. The van der Waals surface area contributed by atoms with Crippen molar-refractivity contribution in [2.45, 2.75) is 26.1 Å². The molecule has 1 fully saturated rings. The SMILES string of the molecule is CNCc1cccc(CN2CCN(C)C(C)C2)n1. The lowest BCUT2D eigenvalue weighted by Crippen LogP contribution is -2.49. The number of pyridine rings is 1. The van der Waals surface area contributed by atoms with Crippen molar-refractivity contribution < 1.29 is 0 Å². The summed E-state index contributed by atoms with van der Waals surface area (Å²) < 4.78 is 0. The minimum atomic E-state index is 0.638. The molecule has 0 spiro atoms. The summed E-state index contributed by atoms with van der Waals surface area (Å²) in [4.78, 5) is 9.60. The first kappa shape index (κ1) is 13.5. The molecule has 1 aliphatic heterocycles. The predicted molar refractivity (Wildman–Crippen MR) is 74.4 cm³/mol. The number of hydrogen-bond acceptors (Lipinski definition) is 4. The number of nitrogens with one attached hydrogen (secondary N) is 1. The quantitative estimate of drug-likeness (QED) is 0.859. The van der Waals surface area contributed by atoms with E-state index in [9.17, 15) is 0 Å². The molecule has 1 aliphatic rings. The van der Waals surface area contributed by atoms with Gasteiger partial charge in [-0.15, -0.1) is 0 Å². The van der Waals surface area contributed by atoms with E-state index in [0.29, 0.717) is 6.04 Å². The molecule has 1 N–H and O–H groups in total. The van der Waals surface area contributed by atoms with Gasteiger partial charge in [-0.3, -0.25) is 9.88 Å². The molecule has 1 aromatic rings. The van der Waals surface area contributed by atoms with Crippen molar-refractivity contribution in [1.29, 1.82) is 0 Å². The normalized spacial score (nSPS) is 22.3. The topological polar surface area (TPSA) is 31.4 Å². The van der Waals surface area contributed by atoms with E-state index < -0.39 is 0 Å². The molecule has 0 amide bonds. The summed E-state index contributed by atoms with van der Waals surface area (Å²) in [5, 5.41) is 3.14. The van der Waals surface area contributed by atoms with Crippen molar-refractivity contribution in [3.63, 3.8) is 0 Å². The molecular formula is C14H24N4. The van der Waals surface area contributed by atoms with Crippen LogP contribution in [0.5, 0.6) is 0 Å². The molecule has 1 unspecified atom stereocenters. The Hall–Kier alpha value is -0.970. The zero-order chi connectivity index (χ0) is 13.0. The second-order valence-electron chi connectivity index (χ2n) is 5.22. The highest BCUT2D eigenvalue weighted by atomic mass is 15.3. The summed E-state index contributed by atoms with van der Waals surface area (Å²) in [6, 6.07) is 6.95. The molecule has 4 heteroatoms. The van der Waals surface area contributed by atoms with Crippen molar-refractivity contribution in [2.24, 2.45) is 0 Å². The molecular weight excluding hydrogens is 224 g/mol. The second kappa shape index (κ2) is 6.27. The number of piperazine rings is 1. The number of aromatic nitrogens is 1. The van der Waals surface area contributed by atoms with Gasteiger partial charge in [0, 0.05) is 38.8 Å². The minimum absolute atomic E-state index is 0.638. The van der Waals surface area contributed by atoms with Crippen molar-refractivity contribution >= 4 is 0 Å². The van der Waals surface area contributed by atoms with Crippen LogP contribution in [0.25, 0.3) is 0 Å². The van der Waals surface area contributed by atoms with Gasteiger partial charge in [-0.05, 0) is 33.2 Å². The van der Waals surface area contributed by atoms with E-state index in [0.717, 1.165) is 38.4 Å². The lowest BCUT2D eigenvalue weighted by atomic mass is 10.2. The molecule has 0 aliphatic carbocycles. The van der Waals surface area contributed by atoms with Gasteiger partial charge in [-0.25, -0.2) is 0 Å². The molecule has 0 radical (unpaired) electrons. The number of likely N-dealkylation sites (N-methyl/N-ethyl adjacent to an activating group) is 1. The summed E-state index contributed by atoms with van der Waals surface area (Å²) in [5.74, 6) is 0. The van der Waals surface area contributed by atoms with Crippen LogP contribution in [0.2, 0.25) is 0 Å². The van der Waals surface area contributed by atoms with Gasteiger partial charge in [0.2, 0.25) is 0 Å². The van der Waals surface area contributed by atoms with E-state index in [1.54, 1.807) is 0 Å². The fourth-order valence-electron chi connectivity index (χ4n) is 2.39. The second-order valence-corrected chi connectivity index (χ2v) is 5.22. The molecule has 0 saturated carbocycles. The van der Waals surface area contributed by atoms with Gasteiger partial charge < -0.3 is 10.2 Å². The number of rotatable bonds is 4. The average molecular weight is 248 g/mol. The molecule has 2 rings (SSSR count). The van der Waals surface area contributed by atoms with Crippen LogP contribution in [0.1, 0.15) is 18.3 Å². The molecule has 1 aromatic heterocycles. The third kappa shape index (κ3) is 3.51. The Balaban J connectivity index is 1.94. The van der Waals surface area contributed by atoms with E-state index in [2.05, 4.69) is 52.3 Å². The minimum Gasteiger partial charge on any atom is -0.314 e.